The van der Waals surface area contributed by atoms with Crippen LogP contribution in [0.5, 0.6) is 0 Å². The Morgan fingerprint density at radius 3 is 2.82 bits per heavy atom. The topological polar surface area (TPSA) is 55.1 Å². The molecule has 0 amide bonds. The van der Waals surface area contributed by atoms with Crippen molar-refractivity contribution in [3.05, 3.63) is 40.8 Å². The van der Waals surface area contributed by atoms with Crippen LogP contribution in [0, 0.1) is 5.82 Å². The zero-order valence-electron chi connectivity index (χ0n) is 8.82. The van der Waals surface area contributed by atoms with Gasteiger partial charge in [-0.3, -0.25) is 4.68 Å². The highest BCUT2D eigenvalue weighted by Gasteiger charge is 2.15. The highest BCUT2D eigenvalue weighted by atomic mass is 35.5. The number of carbonyl (C=O) groups is 1. The number of nitrogens with zero attached hydrogens (tertiary/aromatic N) is 2. The van der Waals surface area contributed by atoms with Crippen molar-refractivity contribution in [1.29, 1.82) is 0 Å². The van der Waals surface area contributed by atoms with Crippen molar-refractivity contribution >= 4 is 17.6 Å². The molecular formula is C11H8ClFN2O2. The third-order valence-corrected chi connectivity index (χ3v) is 2.71. The van der Waals surface area contributed by atoms with Crippen molar-refractivity contribution in [2.24, 2.45) is 7.05 Å². The van der Waals surface area contributed by atoms with Gasteiger partial charge in [0.1, 0.15) is 5.82 Å². The van der Waals surface area contributed by atoms with Gasteiger partial charge in [-0.1, -0.05) is 23.7 Å². The van der Waals surface area contributed by atoms with Crippen molar-refractivity contribution < 1.29 is 14.3 Å². The van der Waals surface area contributed by atoms with E-state index in [9.17, 15) is 9.18 Å². The van der Waals surface area contributed by atoms with Crippen molar-refractivity contribution in [2.75, 3.05) is 0 Å². The van der Waals surface area contributed by atoms with E-state index < -0.39 is 11.8 Å². The van der Waals surface area contributed by atoms with Crippen LogP contribution < -0.4 is 0 Å². The highest BCUT2D eigenvalue weighted by Crippen LogP contribution is 2.29. The summed E-state index contributed by atoms with van der Waals surface area (Å²) in [6, 6.07) is 5.70. The van der Waals surface area contributed by atoms with Crippen LogP contribution in [0.2, 0.25) is 5.02 Å². The lowest BCUT2D eigenvalue weighted by atomic mass is 10.1. The minimum Gasteiger partial charge on any atom is -0.476 e. The second-order valence-electron chi connectivity index (χ2n) is 3.44. The van der Waals surface area contributed by atoms with Gasteiger partial charge in [0.15, 0.2) is 5.69 Å². The van der Waals surface area contributed by atoms with E-state index in [-0.39, 0.29) is 10.7 Å². The molecular weight excluding hydrogens is 247 g/mol. The quantitative estimate of drug-likeness (QED) is 0.896. The van der Waals surface area contributed by atoms with E-state index >= 15 is 0 Å². The molecule has 4 nitrogen and oxygen atoms in total. The van der Waals surface area contributed by atoms with Crippen LogP contribution in [-0.2, 0) is 7.05 Å². The van der Waals surface area contributed by atoms with Crippen LogP contribution in [-0.4, -0.2) is 20.9 Å². The van der Waals surface area contributed by atoms with Crippen LogP contribution in [0.1, 0.15) is 10.5 Å². The third-order valence-electron chi connectivity index (χ3n) is 2.33. The SMILES string of the molecule is Cn1nc(C(=O)O)cc1-c1cccc(F)c1Cl. The summed E-state index contributed by atoms with van der Waals surface area (Å²) >= 11 is 5.83. The van der Waals surface area contributed by atoms with E-state index in [1.165, 1.54) is 22.9 Å². The molecule has 2 aromatic rings. The molecule has 1 N–H and O–H groups in total. The second kappa shape index (κ2) is 4.18. The Labute approximate surface area is 101 Å². The number of aromatic nitrogens is 2. The van der Waals surface area contributed by atoms with Crippen LogP contribution in [0.25, 0.3) is 11.3 Å². The third kappa shape index (κ3) is 2.01. The van der Waals surface area contributed by atoms with E-state index in [0.717, 1.165) is 0 Å². The molecule has 0 fully saturated rings. The molecule has 88 valence electrons. The maximum Gasteiger partial charge on any atom is 0.356 e. The molecule has 0 aliphatic heterocycles. The lowest BCUT2D eigenvalue weighted by Gasteiger charge is -2.04. The molecule has 0 unspecified atom stereocenters. The van der Waals surface area contributed by atoms with Gasteiger partial charge in [-0.15, -0.1) is 0 Å². The molecule has 0 saturated carbocycles. The summed E-state index contributed by atoms with van der Waals surface area (Å²) in [6.45, 7) is 0. The Balaban J connectivity index is 2.60. The Kier molecular flexibility index (Phi) is 2.85. The number of halogens is 2. The normalized spacial score (nSPS) is 10.5. The summed E-state index contributed by atoms with van der Waals surface area (Å²) in [7, 11) is 1.57. The van der Waals surface area contributed by atoms with Crippen LogP contribution in [0.15, 0.2) is 24.3 Å². The Hall–Kier alpha value is -1.88. The second-order valence-corrected chi connectivity index (χ2v) is 3.82. The summed E-state index contributed by atoms with van der Waals surface area (Å²) in [6.07, 6.45) is 0. The Morgan fingerprint density at radius 1 is 1.53 bits per heavy atom. The number of aromatic carboxylic acids is 1. The molecule has 0 aliphatic rings. The smallest absolute Gasteiger partial charge is 0.356 e. The van der Waals surface area contributed by atoms with Gasteiger partial charge >= 0.3 is 5.97 Å². The van der Waals surface area contributed by atoms with Gasteiger partial charge in [0.05, 0.1) is 10.7 Å². The first kappa shape index (κ1) is 11.6. The van der Waals surface area contributed by atoms with Crippen molar-refractivity contribution in [2.45, 2.75) is 0 Å². The van der Waals surface area contributed by atoms with E-state index in [1.54, 1.807) is 13.1 Å². The fraction of sp³-hybridized carbons (Fsp3) is 0.0909. The molecule has 0 saturated heterocycles. The number of benzene rings is 1. The van der Waals surface area contributed by atoms with Crippen LogP contribution in [0.3, 0.4) is 0 Å². The maximum atomic E-state index is 13.3. The zero-order chi connectivity index (χ0) is 12.6. The standard InChI is InChI=1S/C11H8ClFN2O2/c1-15-9(5-8(14-15)11(16)17)6-3-2-4-7(13)10(6)12/h2-5H,1H3,(H,16,17). The first-order chi connectivity index (χ1) is 8.00. The first-order valence-corrected chi connectivity index (χ1v) is 5.10. The predicted molar refractivity (Wildman–Crippen MR) is 60.6 cm³/mol. The van der Waals surface area contributed by atoms with Gasteiger partial charge in [0.2, 0.25) is 0 Å². The fourth-order valence-electron chi connectivity index (χ4n) is 1.53. The fourth-order valence-corrected chi connectivity index (χ4v) is 1.75. The monoisotopic (exact) mass is 254 g/mol. The highest BCUT2D eigenvalue weighted by molar-refractivity contribution is 6.33. The van der Waals surface area contributed by atoms with Gasteiger partial charge in [-0.25, -0.2) is 9.18 Å². The number of rotatable bonds is 2. The van der Waals surface area contributed by atoms with Crippen molar-refractivity contribution in [1.82, 2.24) is 9.78 Å². The molecule has 1 aromatic heterocycles. The average molecular weight is 255 g/mol. The molecule has 1 heterocycles. The number of carboxylic acid groups (broad SMARTS) is 1. The molecule has 0 radical (unpaired) electrons. The lowest BCUT2D eigenvalue weighted by Crippen LogP contribution is -1.99. The van der Waals surface area contributed by atoms with Gasteiger partial charge < -0.3 is 5.11 Å². The summed E-state index contributed by atoms with van der Waals surface area (Å²) in [5.41, 5.74) is 0.754. The lowest BCUT2D eigenvalue weighted by molar-refractivity contribution is 0.0689. The molecule has 0 spiro atoms. The Morgan fingerprint density at radius 2 is 2.24 bits per heavy atom. The summed E-state index contributed by atoms with van der Waals surface area (Å²) in [4.78, 5) is 10.8. The summed E-state index contributed by atoms with van der Waals surface area (Å²) in [5.74, 6) is -1.69. The van der Waals surface area contributed by atoms with Crippen molar-refractivity contribution in [3.63, 3.8) is 0 Å². The van der Waals surface area contributed by atoms with Crippen LogP contribution >= 0.6 is 11.6 Å². The van der Waals surface area contributed by atoms with Gasteiger partial charge in [-0.2, -0.15) is 5.10 Å². The number of hydrogen-bond acceptors (Lipinski definition) is 2. The van der Waals surface area contributed by atoms with E-state index in [0.29, 0.717) is 11.3 Å². The van der Waals surface area contributed by atoms with E-state index in [4.69, 9.17) is 16.7 Å². The van der Waals surface area contributed by atoms with E-state index in [1.807, 2.05) is 0 Å². The summed E-state index contributed by atoms with van der Waals surface area (Å²) < 4.78 is 14.6. The molecule has 0 bridgehead atoms. The van der Waals surface area contributed by atoms with Gasteiger partial charge in [0.25, 0.3) is 0 Å². The first-order valence-electron chi connectivity index (χ1n) is 4.72. The Bertz CT molecular complexity index is 595. The molecule has 0 aliphatic carbocycles. The summed E-state index contributed by atoms with van der Waals surface area (Å²) in [5, 5.41) is 12.6. The molecule has 6 heteroatoms. The number of carboxylic acids is 1. The van der Waals surface area contributed by atoms with Crippen LogP contribution in [0.4, 0.5) is 4.39 Å². The van der Waals surface area contributed by atoms with E-state index in [2.05, 4.69) is 5.10 Å². The maximum absolute atomic E-state index is 13.3. The average Bonchev–Trinajstić information content (AvgIpc) is 2.65. The van der Waals surface area contributed by atoms with Gasteiger partial charge in [-0.05, 0) is 12.1 Å². The minimum atomic E-state index is -1.14. The molecule has 0 atom stereocenters. The molecule has 1 aromatic carbocycles. The minimum absolute atomic E-state index is 0.0487. The molecule has 2 rings (SSSR count). The number of aryl methyl sites for hydroxylation is 1. The predicted octanol–water partition coefficient (Wildman–Crippen LogP) is 2.58. The largest absolute Gasteiger partial charge is 0.476 e. The zero-order valence-corrected chi connectivity index (χ0v) is 9.57. The number of hydrogen-bond donors (Lipinski definition) is 1. The van der Waals surface area contributed by atoms with Gasteiger partial charge in [0, 0.05) is 12.6 Å². The molecule has 17 heavy (non-hydrogen) atoms. The van der Waals surface area contributed by atoms with Crippen molar-refractivity contribution in [3.8, 4) is 11.3 Å².